The van der Waals surface area contributed by atoms with Gasteiger partial charge in [-0.05, 0) is 43.3 Å². The predicted molar refractivity (Wildman–Crippen MR) is 107 cm³/mol. The Balaban J connectivity index is 1.46. The lowest BCUT2D eigenvalue weighted by Gasteiger charge is -2.06. The van der Waals surface area contributed by atoms with Crippen LogP contribution in [0.15, 0.2) is 48.5 Å². The lowest BCUT2D eigenvalue weighted by molar-refractivity contribution is -0.120. The number of aromatic amines is 2. The third-order valence-electron chi connectivity index (χ3n) is 4.67. The van der Waals surface area contributed by atoms with E-state index in [0.29, 0.717) is 6.54 Å². The highest BCUT2D eigenvalue weighted by Crippen LogP contribution is 2.26. The molecule has 0 aliphatic carbocycles. The van der Waals surface area contributed by atoms with Crippen molar-refractivity contribution in [1.29, 1.82) is 0 Å². The maximum atomic E-state index is 12.5. The van der Waals surface area contributed by atoms with Crippen LogP contribution in [0.1, 0.15) is 17.1 Å². The Morgan fingerprint density at radius 3 is 2.68 bits per heavy atom. The van der Waals surface area contributed by atoms with Crippen molar-refractivity contribution in [1.82, 2.24) is 25.5 Å². The van der Waals surface area contributed by atoms with Gasteiger partial charge in [-0.25, -0.2) is 4.98 Å². The Hall–Kier alpha value is -3.61. The summed E-state index contributed by atoms with van der Waals surface area (Å²) in [4.78, 5) is 20.2. The zero-order chi connectivity index (χ0) is 19.5. The third-order valence-corrected chi connectivity index (χ3v) is 4.67. The first kappa shape index (κ1) is 17.8. The van der Waals surface area contributed by atoms with Crippen LogP contribution in [0.4, 0.5) is 0 Å². The van der Waals surface area contributed by atoms with E-state index < -0.39 is 0 Å². The first-order valence-corrected chi connectivity index (χ1v) is 9.02. The Morgan fingerprint density at radius 1 is 1.14 bits per heavy atom. The summed E-state index contributed by atoms with van der Waals surface area (Å²) >= 11 is 0. The average Bonchev–Trinajstić information content (AvgIpc) is 3.30. The molecule has 0 bridgehead atoms. The fourth-order valence-corrected chi connectivity index (χ4v) is 3.15. The van der Waals surface area contributed by atoms with Gasteiger partial charge in [0.15, 0.2) is 0 Å². The predicted octanol–water partition coefficient (Wildman–Crippen LogP) is 3.13. The number of methoxy groups -OCH3 is 1. The van der Waals surface area contributed by atoms with E-state index >= 15 is 0 Å². The largest absolute Gasteiger partial charge is 0.497 e. The zero-order valence-electron chi connectivity index (χ0n) is 15.7. The molecule has 4 rings (SSSR count). The molecule has 4 aromatic rings. The van der Waals surface area contributed by atoms with Crippen molar-refractivity contribution in [2.75, 3.05) is 7.11 Å². The Labute approximate surface area is 162 Å². The van der Waals surface area contributed by atoms with E-state index in [1.807, 2.05) is 55.5 Å². The number of hydrogen-bond donors (Lipinski definition) is 3. The summed E-state index contributed by atoms with van der Waals surface area (Å²) in [5.74, 6) is 1.43. The fraction of sp³-hybridized carbons (Fsp3) is 0.190. The highest BCUT2D eigenvalue weighted by molar-refractivity contribution is 5.82. The minimum Gasteiger partial charge on any atom is -0.497 e. The summed E-state index contributed by atoms with van der Waals surface area (Å²) in [5.41, 5.74) is 5.32. The van der Waals surface area contributed by atoms with E-state index in [2.05, 4.69) is 25.5 Å². The number of imidazole rings is 1. The first-order chi connectivity index (χ1) is 13.6. The second kappa shape index (κ2) is 7.56. The Morgan fingerprint density at radius 2 is 1.93 bits per heavy atom. The molecule has 3 N–H and O–H groups in total. The number of nitrogens with one attached hydrogen (secondary N) is 3. The molecule has 2 heterocycles. The molecule has 7 nitrogen and oxygen atoms in total. The molecular formula is C21H21N5O2. The van der Waals surface area contributed by atoms with Crippen molar-refractivity contribution in [3.05, 3.63) is 65.6 Å². The van der Waals surface area contributed by atoms with Crippen LogP contribution >= 0.6 is 0 Å². The second-order valence-corrected chi connectivity index (χ2v) is 6.56. The normalized spacial score (nSPS) is 10.9. The molecule has 28 heavy (non-hydrogen) atoms. The molecular weight excluding hydrogens is 354 g/mol. The SMILES string of the molecule is COc1ccc(-c2n[nH]c(C)c2CC(=O)NCc2nc3ccccc3[nH]2)cc1. The average molecular weight is 375 g/mol. The van der Waals surface area contributed by atoms with Gasteiger partial charge < -0.3 is 15.0 Å². The number of H-pyrrole nitrogens is 2. The number of fused-ring (bicyclic) bond motifs is 1. The molecule has 2 aromatic heterocycles. The molecule has 142 valence electrons. The summed E-state index contributed by atoms with van der Waals surface area (Å²) in [6, 6.07) is 15.4. The van der Waals surface area contributed by atoms with Crippen LogP contribution in [-0.2, 0) is 17.8 Å². The van der Waals surface area contributed by atoms with Gasteiger partial charge in [0.2, 0.25) is 5.91 Å². The first-order valence-electron chi connectivity index (χ1n) is 9.02. The van der Waals surface area contributed by atoms with Gasteiger partial charge in [0.25, 0.3) is 0 Å². The van der Waals surface area contributed by atoms with Crippen molar-refractivity contribution in [3.8, 4) is 17.0 Å². The van der Waals surface area contributed by atoms with Gasteiger partial charge in [-0.3, -0.25) is 9.89 Å². The van der Waals surface area contributed by atoms with E-state index in [1.54, 1.807) is 7.11 Å². The number of amides is 1. The molecule has 0 saturated carbocycles. The van der Waals surface area contributed by atoms with E-state index in [-0.39, 0.29) is 12.3 Å². The van der Waals surface area contributed by atoms with Crippen molar-refractivity contribution in [3.63, 3.8) is 0 Å². The third kappa shape index (κ3) is 3.59. The number of rotatable bonds is 6. The quantitative estimate of drug-likeness (QED) is 0.482. The van der Waals surface area contributed by atoms with Gasteiger partial charge in [0.1, 0.15) is 11.6 Å². The smallest absolute Gasteiger partial charge is 0.224 e. The molecule has 0 unspecified atom stereocenters. The van der Waals surface area contributed by atoms with Crippen LogP contribution in [-0.4, -0.2) is 33.2 Å². The van der Waals surface area contributed by atoms with Crippen LogP contribution in [0, 0.1) is 6.92 Å². The van der Waals surface area contributed by atoms with Gasteiger partial charge >= 0.3 is 0 Å². The number of carbonyl (C=O) groups is 1. The van der Waals surface area contributed by atoms with Crippen LogP contribution in [0.2, 0.25) is 0 Å². The number of aryl methyl sites for hydroxylation is 1. The zero-order valence-corrected chi connectivity index (χ0v) is 15.7. The number of hydrogen-bond acceptors (Lipinski definition) is 4. The summed E-state index contributed by atoms with van der Waals surface area (Å²) in [5, 5.41) is 10.3. The number of aromatic nitrogens is 4. The standard InChI is InChI=1S/C21H21N5O2/c1-13-16(21(26-25-13)14-7-9-15(28-2)10-8-14)11-20(27)22-12-19-23-17-5-3-4-6-18(17)24-19/h3-10H,11-12H2,1-2H3,(H,22,27)(H,23,24)(H,25,26). The molecule has 1 amide bonds. The van der Waals surface area contributed by atoms with E-state index in [4.69, 9.17) is 4.74 Å². The summed E-state index contributed by atoms with van der Waals surface area (Å²) < 4.78 is 5.20. The highest BCUT2D eigenvalue weighted by Gasteiger charge is 2.16. The summed E-state index contributed by atoms with van der Waals surface area (Å²) in [6.07, 6.45) is 0.240. The van der Waals surface area contributed by atoms with Gasteiger partial charge in [-0.15, -0.1) is 0 Å². The molecule has 0 aliphatic heterocycles. The lowest BCUT2D eigenvalue weighted by Crippen LogP contribution is -2.25. The van der Waals surface area contributed by atoms with Gasteiger partial charge in [-0.1, -0.05) is 12.1 Å². The minimum atomic E-state index is -0.0836. The van der Waals surface area contributed by atoms with Crippen LogP contribution in [0.3, 0.4) is 0 Å². The second-order valence-electron chi connectivity index (χ2n) is 6.56. The molecule has 0 spiro atoms. The number of benzene rings is 2. The minimum absolute atomic E-state index is 0.0836. The van der Waals surface area contributed by atoms with Gasteiger partial charge in [0, 0.05) is 16.8 Å². The van der Waals surface area contributed by atoms with Crippen LogP contribution < -0.4 is 10.1 Å². The van der Waals surface area contributed by atoms with Crippen molar-refractivity contribution in [2.45, 2.75) is 19.9 Å². The maximum Gasteiger partial charge on any atom is 0.224 e. The summed E-state index contributed by atoms with van der Waals surface area (Å²) in [6.45, 7) is 2.27. The van der Waals surface area contributed by atoms with Gasteiger partial charge in [0.05, 0.1) is 36.8 Å². The van der Waals surface area contributed by atoms with E-state index in [0.717, 1.165) is 45.1 Å². The topological polar surface area (TPSA) is 95.7 Å². The molecule has 0 radical (unpaired) electrons. The monoisotopic (exact) mass is 375 g/mol. The molecule has 7 heteroatoms. The molecule has 0 fully saturated rings. The van der Waals surface area contributed by atoms with Crippen LogP contribution in [0.25, 0.3) is 22.3 Å². The Bertz CT molecular complexity index is 1080. The highest BCUT2D eigenvalue weighted by atomic mass is 16.5. The summed E-state index contributed by atoms with van der Waals surface area (Å²) in [7, 11) is 1.63. The lowest BCUT2D eigenvalue weighted by atomic mass is 10.0. The van der Waals surface area contributed by atoms with Crippen molar-refractivity contribution >= 4 is 16.9 Å². The molecule has 2 aromatic carbocycles. The van der Waals surface area contributed by atoms with Crippen LogP contribution in [0.5, 0.6) is 5.75 Å². The van der Waals surface area contributed by atoms with Crippen molar-refractivity contribution < 1.29 is 9.53 Å². The Kier molecular flexibility index (Phi) is 4.80. The van der Waals surface area contributed by atoms with E-state index in [1.165, 1.54) is 0 Å². The molecule has 0 aliphatic rings. The molecule has 0 atom stereocenters. The number of para-hydroxylation sites is 2. The van der Waals surface area contributed by atoms with Gasteiger partial charge in [-0.2, -0.15) is 5.10 Å². The number of ether oxygens (including phenoxy) is 1. The number of carbonyl (C=O) groups excluding carboxylic acids is 1. The van der Waals surface area contributed by atoms with E-state index in [9.17, 15) is 4.79 Å². The fourth-order valence-electron chi connectivity index (χ4n) is 3.15. The maximum absolute atomic E-state index is 12.5. The van der Waals surface area contributed by atoms with Crippen molar-refractivity contribution in [2.24, 2.45) is 0 Å². The molecule has 0 saturated heterocycles. The number of nitrogens with zero attached hydrogens (tertiary/aromatic N) is 2.